The predicted octanol–water partition coefficient (Wildman–Crippen LogP) is 2.90. The lowest BCUT2D eigenvalue weighted by molar-refractivity contribution is 0.0808. The van der Waals surface area contributed by atoms with Crippen molar-refractivity contribution in [1.29, 1.82) is 0 Å². The Morgan fingerprint density at radius 1 is 1.35 bits per heavy atom. The molecular formula is C16H27N3O. The highest BCUT2D eigenvalue weighted by molar-refractivity contribution is 5.01. The lowest BCUT2D eigenvalue weighted by Crippen LogP contribution is -2.37. The van der Waals surface area contributed by atoms with E-state index in [1.165, 1.54) is 12.8 Å². The molecule has 1 aliphatic carbocycles. The lowest BCUT2D eigenvalue weighted by Gasteiger charge is -2.19. The fourth-order valence-electron chi connectivity index (χ4n) is 3.29. The predicted molar refractivity (Wildman–Crippen MR) is 79.6 cm³/mol. The van der Waals surface area contributed by atoms with Gasteiger partial charge in [0.15, 0.2) is 0 Å². The summed E-state index contributed by atoms with van der Waals surface area (Å²) in [5.41, 5.74) is 1.15. The molecule has 4 heteroatoms. The highest BCUT2D eigenvalue weighted by Crippen LogP contribution is 2.38. The Kier molecular flexibility index (Phi) is 4.41. The number of hydrogen-bond acceptors (Lipinski definition) is 3. The molecule has 4 nitrogen and oxygen atoms in total. The van der Waals surface area contributed by atoms with Crippen molar-refractivity contribution in [3.05, 3.63) is 18.0 Å². The summed E-state index contributed by atoms with van der Waals surface area (Å²) in [6.45, 7) is 6.24. The van der Waals surface area contributed by atoms with E-state index in [0.29, 0.717) is 18.2 Å². The molecule has 1 saturated carbocycles. The van der Waals surface area contributed by atoms with Crippen LogP contribution in [0.4, 0.5) is 0 Å². The topological polar surface area (TPSA) is 39.1 Å². The minimum absolute atomic E-state index is 0.455. The van der Waals surface area contributed by atoms with Crippen LogP contribution in [0.2, 0.25) is 0 Å². The number of nitrogens with zero attached hydrogens (tertiary/aromatic N) is 2. The summed E-state index contributed by atoms with van der Waals surface area (Å²) in [5, 5.41) is 8.37. The van der Waals surface area contributed by atoms with Crippen LogP contribution in [-0.4, -0.2) is 28.5 Å². The van der Waals surface area contributed by atoms with Crippen molar-refractivity contribution in [2.75, 3.05) is 6.61 Å². The Balaban J connectivity index is 1.53. The minimum Gasteiger partial charge on any atom is -0.376 e. The third-order valence-electron chi connectivity index (χ3n) is 4.75. The van der Waals surface area contributed by atoms with E-state index in [1.807, 2.05) is 0 Å². The van der Waals surface area contributed by atoms with E-state index in [1.54, 1.807) is 0 Å². The van der Waals surface area contributed by atoms with Crippen molar-refractivity contribution in [2.45, 2.75) is 70.7 Å². The molecule has 20 heavy (non-hydrogen) atoms. The van der Waals surface area contributed by atoms with Crippen molar-refractivity contribution in [2.24, 2.45) is 5.92 Å². The molecule has 1 saturated heterocycles. The first-order valence-corrected chi connectivity index (χ1v) is 8.20. The van der Waals surface area contributed by atoms with Crippen molar-refractivity contribution >= 4 is 0 Å². The van der Waals surface area contributed by atoms with E-state index in [-0.39, 0.29) is 0 Å². The Morgan fingerprint density at radius 3 is 2.85 bits per heavy atom. The van der Waals surface area contributed by atoms with E-state index in [0.717, 1.165) is 44.0 Å². The summed E-state index contributed by atoms with van der Waals surface area (Å²) in [5.74, 6) is 0.817. The van der Waals surface area contributed by atoms with Crippen molar-refractivity contribution in [3.63, 3.8) is 0 Å². The van der Waals surface area contributed by atoms with E-state index in [9.17, 15) is 0 Å². The van der Waals surface area contributed by atoms with Gasteiger partial charge in [0, 0.05) is 25.4 Å². The molecule has 0 aromatic carbocycles. The van der Waals surface area contributed by atoms with Crippen LogP contribution < -0.4 is 5.32 Å². The van der Waals surface area contributed by atoms with Crippen LogP contribution in [0.5, 0.6) is 0 Å². The van der Waals surface area contributed by atoms with Gasteiger partial charge in [-0.25, -0.2) is 0 Å². The summed E-state index contributed by atoms with van der Waals surface area (Å²) < 4.78 is 7.99. The molecule has 2 fully saturated rings. The second-order valence-electron chi connectivity index (χ2n) is 6.21. The number of rotatable bonds is 7. The van der Waals surface area contributed by atoms with Gasteiger partial charge in [-0.3, -0.25) is 4.68 Å². The molecule has 1 aliphatic heterocycles. The first-order valence-electron chi connectivity index (χ1n) is 8.20. The summed E-state index contributed by atoms with van der Waals surface area (Å²) >= 11 is 0. The van der Waals surface area contributed by atoms with Crippen molar-refractivity contribution in [3.8, 4) is 0 Å². The van der Waals surface area contributed by atoms with E-state index in [4.69, 9.17) is 9.84 Å². The van der Waals surface area contributed by atoms with E-state index in [2.05, 4.69) is 36.1 Å². The average molecular weight is 277 g/mol. The lowest BCUT2D eigenvalue weighted by atomic mass is 10.1. The van der Waals surface area contributed by atoms with Gasteiger partial charge in [-0.15, -0.1) is 0 Å². The maximum Gasteiger partial charge on any atom is 0.0762 e. The average Bonchev–Trinajstić information content (AvgIpc) is 3.02. The zero-order chi connectivity index (χ0) is 13.9. The molecule has 0 spiro atoms. The van der Waals surface area contributed by atoms with Gasteiger partial charge in [0.2, 0.25) is 0 Å². The zero-order valence-corrected chi connectivity index (χ0v) is 12.7. The smallest absolute Gasteiger partial charge is 0.0762 e. The molecular weight excluding hydrogens is 250 g/mol. The molecule has 112 valence electrons. The number of aromatic nitrogens is 2. The van der Waals surface area contributed by atoms with Crippen molar-refractivity contribution < 1.29 is 4.74 Å². The molecule has 2 heterocycles. The first-order chi connectivity index (χ1) is 9.81. The Labute approximate surface area is 121 Å². The zero-order valence-electron chi connectivity index (χ0n) is 12.7. The number of nitrogens with one attached hydrogen (secondary N) is 1. The van der Waals surface area contributed by atoms with Crippen molar-refractivity contribution in [1.82, 2.24) is 15.1 Å². The Morgan fingerprint density at radius 2 is 2.15 bits per heavy atom. The molecule has 0 radical (unpaired) electrons. The monoisotopic (exact) mass is 277 g/mol. The van der Waals surface area contributed by atoms with Gasteiger partial charge in [0.1, 0.15) is 0 Å². The second-order valence-corrected chi connectivity index (χ2v) is 6.21. The number of ether oxygens (including phenoxy) is 1. The summed E-state index contributed by atoms with van der Waals surface area (Å²) in [6.07, 6.45) is 8.72. The molecule has 1 aromatic rings. The fourth-order valence-corrected chi connectivity index (χ4v) is 3.29. The Bertz CT molecular complexity index is 423. The molecule has 0 amide bonds. The Hall–Kier alpha value is -0.870. The number of hydrogen-bond donors (Lipinski definition) is 1. The maximum absolute atomic E-state index is 5.87. The highest BCUT2D eigenvalue weighted by atomic mass is 16.5. The molecule has 2 aliphatic rings. The normalized spacial score (nSPS) is 26.6. The molecule has 1 aromatic heterocycles. The van der Waals surface area contributed by atoms with Gasteiger partial charge in [-0.1, -0.05) is 13.8 Å². The molecule has 1 N–H and O–H groups in total. The largest absolute Gasteiger partial charge is 0.376 e. The van der Waals surface area contributed by atoms with Gasteiger partial charge >= 0.3 is 0 Å². The van der Waals surface area contributed by atoms with Crippen LogP contribution >= 0.6 is 0 Å². The van der Waals surface area contributed by atoms with Gasteiger partial charge in [-0.05, 0) is 44.1 Å². The van der Waals surface area contributed by atoms with Crippen LogP contribution in [0, 0.1) is 5.92 Å². The minimum atomic E-state index is 0.455. The van der Waals surface area contributed by atoms with Gasteiger partial charge < -0.3 is 10.1 Å². The summed E-state index contributed by atoms with van der Waals surface area (Å²) in [7, 11) is 0. The molecule has 2 unspecified atom stereocenters. The van der Waals surface area contributed by atoms with Crippen LogP contribution in [0.3, 0.4) is 0 Å². The van der Waals surface area contributed by atoms with Gasteiger partial charge in [0.05, 0.1) is 17.8 Å². The summed E-state index contributed by atoms with van der Waals surface area (Å²) in [6, 6.07) is 3.21. The standard InChI is InChI=1S/C16H27N3O/c1-3-14(4-2)19-9-7-13(18-19)11-17-15-8-10-20-16(15)12-5-6-12/h7,9,12,14-17H,3-6,8,10-11H2,1-2H3. The third kappa shape index (κ3) is 3.07. The fraction of sp³-hybridized carbons (Fsp3) is 0.812. The molecule has 2 atom stereocenters. The van der Waals surface area contributed by atoms with Crippen LogP contribution in [-0.2, 0) is 11.3 Å². The van der Waals surface area contributed by atoms with Gasteiger partial charge in [-0.2, -0.15) is 5.10 Å². The maximum atomic E-state index is 5.87. The SMILES string of the molecule is CCC(CC)n1ccc(CNC2CCOC2C2CC2)n1. The van der Waals surface area contributed by atoms with Crippen LogP contribution in [0.15, 0.2) is 12.3 Å². The molecule has 3 rings (SSSR count). The van der Waals surface area contributed by atoms with Gasteiger partial charge in [0.25, 0.3) is 0 Å². The summed E-state index contributed by atoms with van der Waals surface area (Å²) in [4.78, 5) is 0. The van der Waals surface area contributed by atoms with E-state index >= 15 is 0 Å². The van der Waals surface area contributed by atoms with Crippen LogP contribution in [0.1, 0.15) is 57.7 Å². The van der Waals surface area contributed by atoms with E-state index < -0.39 is 0 Å². The van der Waals surface area contributed by atoms with Crippen LogP contribution in [0.25, 0.3) is 0 Å². The second kappa shape index (κ2) is 6.27. The quantitative estimate of drug-likeness (QED) is 0.833. The highest BCUT2D eigenvalue weighted by Gasteiger charge is 2.40. The molecule has 0 bridgehead atoms. The third-order valence-corrected chi connectivity index (χ3v) is 4.75. The first kappa shape index (κ1) is 14.1.